The molecule has 2 amide bonds. The van der Waals surface area contributed by atoms with Gasteiger partial charge in [0.15, 0.2) is 0 Å². The first-order chi connectivity index (χ1) is 18.0. The molecule has 8 nitrogen and oxygen atoms in total. The monoisotopic (exact) mass is 498 g/mol. The number of carbonyl (C=O) groups excluding carboxylic acids is 2. The Bertz CT molecular complexity index is 1330. The molecule has 0 aliphatic heterocycles. The molecule has 0 spiro atoms. The van der Waals surface area contributed by atoms with Gasteiger partial charge in [0.1, 0.15) is 6.04 Å². The maximum Gasteiger partial charge on any atom is 0.326 e. The van der Waals surface area contributed by atoms with E-state index in [-0.39, 0.29) is 18.7 Å². The second-order valence-electron chi connectivity index (χ2n) is 8.99. The predicted octanol–water partition coefficient (Wildman–Crippen LogP) is 3.28. The number of amides is 2. The topological polar surface area (TPSA) is 124 Å². The number of hydrogen-bond acceptors (Lipinski definition) is 4. The number of fused-ring (bicyclic) bond motifs is 1. The van der Waals surface area contributed by atoms with Crippen molar-refractivity contribution in [1.29, 1.82) is 0 Å². The van der Waals surface area contributed by atoms with Crippen molar-refractivity contribution in [2.45, 2.75) is 31.7 Å². The van der Waals surface area contributed by atoms with Crippen molar-refractivity contribution >= 4 is 28.6 Å². The molecule has 0 saturated carbocycles. The third kappa shape index (κ3) is 7.27. The Balaban J connectivity index is 1.48. The molecule has 1 heterocycles. The average molecular weight is 499 g/mol. The summed E-state index contributed by atoms with van der Waals surface area (Å²) in [7, 11) is 0. The van der Waals surface area contributed by atoms with Gasteiger partial charge in [0, 0.05) is 25.6 Å². The molecule has 0 aliphatic rings. The molecule has 190 valence electrons. The fourth-order valence-corrected chi connectivity index (χ4v) is 4.38. The van der Waals surface area contributed by atoms with E-state index in [1.807, 2.05) is 72.8 Å². The Morgan fingerprint density at radius 2 is 1.68 bits per heavy atom. The number of aliphatic carboxylic acids is 1. The van der Waals surface area contributed by atoms with Gasteiger partial charge >= 0.3 is 5.97 Å². The first-order valence-electron chi connectivity index (χ1n) is 12.3. The summed E-state index contributed by atoms with van der Waals surface area (Å²) in [6.45, 7) is 0.447. The molecule has 0 fully saturated rings. The lowest BCUT2D eigenvalue weighted by Crippen LogP contribution is -2.46. The zero-order chi connectivity index (χ0) is 26.0. The summed E-state index contributed by atoms with van der Waals surface area (Å²) in [6.07, 6.45) is 4.01. The highest BCUT2D eigenvalue weighted by Gasteiger charge is 2.28. The van der Waals surface area contributed by atoms with Crippen molar-refractivity contribution in [3.63, 3.8) is 0 Å². The van der Waals surface area contributed by atoms with Crippen LogP contribution in [0.3, 0.4) is 0 Å². The Kier molecular flexibility index (Phi) is 8.65. The van der Waals surface area contributed by atoms with E-state index >= 15 is 0 Å². The van der Waals surface area contributed by atoms with Crippen LogP contribution in [-0.2, 0) is 33.6 Å². The van der Waals surface area contributed by atoms with E-state index in [4.69, 9.17) is 0 Å². The Hall–Kier alpha value is -4.46. The van der Waals surface area contributed by atoms with Crippen molar-refractivity contribution in [3.8, 4) is 0 Å². The number of aromatic amines is 1. The predicted molar refractivity (Wildman–Crippen MR) is 141 cm³/mol. The number of carbonyl (C=O) groups is 3. The summed E-state index contributed by atoms with van der Waals surface area (Å²) in [4.78, 5) is 45.0. The van der Waals surface area contributed by atoms with Gasteiger partial charge in [-0.15, -0.1) is 0 Å². The third-order valence-electron chi connectivity index (χ3n) is 6.31. The molecule has 1 aromatic heterocycles. The maximum atomic E-state index is 13.4. The Morgan fingerprint density at radius 1 is 0.919 bits per heavy atom. The van der Waals surface area contributed by atoms with Crippen LogP contribution >= 0.6 is 0 Å². The van der Waals surface area contributed by atoms with Crippen LogP contribution in [-0.4, -0.2) is 45.4 Å². The standard InChI is InChI=1S/C29H30N4O4/c34-27(31-14-13-20-7-2-1-3-8-20)16-23(15-22-11-6-10-21-9-4-5-12-25(21)22)28(35)33-26(29(36)37)17-24-18-30-19-32-24/h1-12,18-19,23,26H,13-17H2,(H,30,32)(H,31,34)(H,33,35)(H,36,37)/t23?,26-/m0/s1. The largest absolute Gasteiger partial charge is 0.480 e. The number of nitrogens with zero attached hydrogens (tertiary/aromatic N) is 1. The molecule has 4 rings (SSSR count). The number of benzene rings is 3. The van der Waals surface area contributed by atoms with E-state index in [0.29, 0.717) is 25.1 Å². The van der Waals surface area contributed by atoms with Crippen LogP contribution in [0.15, 0.2) is 85.3 Å². The maximum absolute atomic E-state index is 13.4. The molecule has 37 heavy (non-hydrogen) atoms. The number of H-pyrrole nitrogens is 1. The molecule has 1 unspecified atom stereocenters. The minimum absolute atomic E-state index is 0.0365. The van der Waals surface area contributed by atoms with Gasteiger partial charge < -0.3 is 20.7 Å². The van der Waals surface area contributed by atoms with Crippen LogP contribution in [0.4, 0.5) is 0 Å². The second-order valence-corrected chi connectivity index (χ2v) is 8.99. The molecule has 8 heteroatoms. The van der Waals surface area contributed by atoms with Crippen molar-refractivity contribution in [1.82, 2.24) is 20.6 Å². The molecule has 3 aromatic carbocycles. The molecule has 0 saturated heterocycles. The van der Waals surface area contributed by atoms with Crippen LogP contribution in [0.1, 0.15) is 23.2 Å². The lowest BCUT2D eigenvalue weighted by Gasteiger charge is -2.21. The number of carboxylic acids is 1. The summed E-state index contributed by atoms with van der Waals surface area (Å²) in [5.74, 6) is -2.64. The number of aromatic nitrogens is 2. The SMILES string of the molecule is O=C(CC(Cc1cccc2ccccc12)C(=O)N[C@@H](Cc1c[nH]cn1)C(=O)O)NCCc1ccccc1. The summed E-state index contributed by atoms with van der Waals surface area (Å²) in [5.41, 5.74) is 2.56. The van der Waals surface area contributed by atoms with Crippen LogP contribution in [0.5, 0.6) is 0 Å². The fourth-order valence-electron chi connectivity index (χ4n) is 4.38. The number of carboxylic acid groups (broad SMARTS) is 1. The van der Waals surface area contributed by atoms with E-state index in [1.165, 1.54) is 6.33 Å². The first kappa shape index (κ1) is 25.6. The van der Waals surface area contributed by atoms with E-state index < -0.39 is 23.8 Å². The van der Waals surface area contributed by atoms with Gasteiger partial charge in [-0.3, -0.25) is 9.59 Å². The van der Waals surface area contributed by atoms with Crippen LogP contribution < -0.4 is 10.6 Å². The lowest BCUT2D eigenvalue weighted by molar-refractivity contribution is -0.142. The van der Waals surface area contributed by atoms with Gasteiger partial charge in [-0.1, -0.05) is 72.8 Å². The molecule has 4 N–H and O–H groups in total. The second kappa shape index (κ2) is 12.5. The van der Waals surface area contributed by atoms with E-state index in [1.54, 1.807) is 6.20 Å². The normalized spacial score (nSPS) is 12.5. The first-order valence-corrected chi connectivity index (χ1v) is 12.3. The van der Waals surface area contributed by atoms with Gasteiger partial charge in [-0.25, -0.2) is 9.78 Å². The van der Waals surface area contributed by atoms with Crippen LogP contribution in [0.2, 0.25) is 0 Å². The molecular weight excluding hydrogens is 468 g/mol. The van der Waals surface area contributed by atoms with Gasteiger partial charge in [-0.05, 0) is 34.7 Å². The van der Waals surface area contributed by atoms with Crippen LogP contribution in [0.25, 0.3) is 10.8 Å². The van der Waals surface area contributed by atoms with Gasteiger partial charge in [-0.2, -0.15) is 0 Å². The van der Waals surface area contributed by atoms with E-state index in [2.05, 4.69) is 20.6 Å². The Morgan fingerprint density at radius 3 is 2.43 bits per heavy atom. The number of imidazole rings is 1. The highest BCUT2D eigenvalue weighted by atomic mass is 16.4. The van der Waals surface area contributed by atoms with Gasteiger partial charge in [0.05, 0.1) is 17.9 Å². The summed E-state index contributed by atoms with van der Waals surface area (Å²) < 4.78 is 0. The van der Waals surface area contributed by atoms with Crippen molar-refractivity contribution in [3.05, 3.63) is 102 Å². The molecular formula is C29H30N4O4. The zero-order valence-electron chi connectivity index (χ0n) is 20.4. The van der Waals surface area contributed by atoms with Gasteiger partial charge in [0.2, 0.25) is 11.8 Å². The van der Waals surface area contributed by atoms with Crippen LogP contribution in [0, 0.1) is 5.92 Å². The van der Waals surface area contributed by atoms with Crippen molar-refractivity contribution in [2.75, 3.05) is 6.54 Å². The number of nitrogens with one attached hydrogen (secondary N) is 3. The molecule has 2 atom stereocenters. The molecule has 0 bridgehead atoms. The smallest absolute Gasteiger partial charge is 0.326 e. The number of rotatable bonds is 12. The number of hydrogen-bond donors (Lipinski definition) is 4. The summed E-state index contributed by atoms with van der Waals surface area (Å²) in [5, 5.41) is 17.3. The van der Waals surface area contributed by atoms with Crippen molar-refractivity contribution < 1.29 is 19.5 Å². The summed E-state index contributed by atoms with van der Waals surface area (Å²) in [6, 6.07) is 22.4. The molecule has 4 aromatic rings. The van der Waals surface area contributed by atoms with E-state index in [0.717, 1.165) is 21.9 Å². The highest BCUT2D eigenvalue weighted by molar-refractivity contribution is 5.90. The highest BCUT2D eigenvalue weighted by Crippen LogP contribution is 2.23. The summed E-state index contributed by atoms with van der Waals surface area (Å²) >= 11 is 0. The minimum atomic E-state index is -1.16. The lowest BCUT2D eigenvalue weighted by atomic mass is 9.91. The van der Waals surface area contributed by atoms with Crippen molar-refractivity contribution in [2.24, 2.45) is 5.92 Å². The quantitative estimate of drug-likeness (QED) is 0.239. The van der Waals surface area contributed by atoms with E-state index in [9.17, 15) is 19.5 Å². The van der Waals surface area contributed by atoms with Gasteiger partial charge in [0.25, 0.3) is 0 Å². The molecule has 0 radical (unpaired) electrons. The molecule has 0 aliphatic carbocycles. The third-order valence-corrected chi connectivity index (χ3v) is 6.31. The average Bonchev–Trinajstić information content (AvgIpc) is 3.42. The fraction of sp³-hybridized carbons (Fsp3) is 0.241. The minimum Gasteiger partial charge on any atom is -0.480 e. The zero-order valence-corrected chi connectivity index (χ0v) is 20.4. The Labute approximate surface area is 215 Å².